The van der Waals surface area contributed by atoms with Crippen LogP contribution in [0.2, 0.25) is 0 Å². The minimum Gasteiger partial charge on any atom is -0.380 e. The Hall–Kier alpha value is -0.770. The molecule has 0 aliphatic rings. The zero-order chi connectivity index (χ0) is 11.8. The highest BCUT2D eigenvalue weighted by atomic mass is 32.2. The molecule has 0 aliphatic heterocycles. The van der Waals surface area contributed by atoms with Crippen molar-refractivity contribution < 1.29 is 4.74 Å². The van der Waals surface area contributed by atoms with Crippen LogP contribution in [0.3, 0.4) is 0 Å². The van der Waals surface area contributed by atoms with Crippen molar-refractivity contribution in [1.29, 1.82) is 0 Å². The first kappa shape index (κ1) is 12.7. The first-order valence-electron chi connectivity index (χ1n) is 5.73. The minimum absolute atomic E-state index is 0.824. The Bertz CT molecular complexity index is 397. The van der Waals surface area contributed by atoms with Gasteiger partial charge < -0.3 is 4.74 Å². The molecule has 0 spiro atoms. The van der Waals surface area contributed by atoms with Crippen molar-refractivity contribution in [3.05, 3.63) is 52.7 Å². The average molecular weight is 264 g/mol. The lowest BCUT2D eigenvalue weighted by Gasteiger charge is -2.03. The van der Waals surface area contributed by atoms with Gasteiger partial charge in [0.25, 0.3) is 0 Å². The number of thioether (sulfide) groups is 1. The molecule has 1 aromatic heterocycles. The topological polar surface area (TPSA) is 9.23 Å². The van der Waals surface area contributed by atoms with Crippen molar-refractivity contribution in [3.8, 4) is 0 Å². The molecule has 1 heterocycles. The maximum Gasteiger partial charge on any atom is 0.0560 e. The van der Waals surface area contributed by atoms with Crippen molar-refractivity contribution in [2.45, 2.75) is 11.3 Å². The predicted octanol–water partition coefficient (Wildman–Crippen LogP) is 4.10. The van der Waals surface area contributed by atoms with Crippen LogP contribution in [-0.2, 0) is 11.2 Å². The van der Waals surface area contributed by atoms with E-state index >= 15 is 0 Å². The lowest BCUT2D eigenvalue weighted by molar-refractivity contribution is 0.154. The normalized spacial score (nSPS) is 10.6. The second-order valence-corrected chi connectivity index (χ2v) is 5.80. The fraction of sp³-hybridized carbons (Fsp3) is 0.286. The van der Waals surface area contributed by atoms with E-state index in [9.17, 15) is 0 Å². The highest BCUT2D eigenvalue weighted by Gasteiger charge is 1.95. The Kier molecular flexibility index (Phi) is 5.62. The minimum atomic E-state index is 0.824. The molecule has 0 saturated heterocycles. The molecule has 1 nitrogen and oxygen atoms in total. The lowest BCUT2D eigenvalue weighted by atomic mass is 10.4. The fourth-order valence-electron chi connectivity index (χ4n) is 1.46. The first-order chi connectivity index (χ1) is 8.45. The van der Waals surface area contributed by atoms with Crippen LogP contribution in [0.1, 0.15) is 4.88 Å². The number of ether oxygens (including phenoxy) is 1. The van der Waals surface area contributed by atoms with Gasteiger partial charge in [0, 0.05) is 21.9 Å². The van der Waals surface area contributed by atoms with E-state index in [1.165, 1.54) is 9.77 Å². The van der Waals surface area contributed by atoms with Gasteiger partial charge in [-0.15, -0.1) is 23.1 Å². The third-order valence-corrected chi connectivity index (χ3v) is 4.22. The third-order valence-electron chi connectivity index (χ3n) is 2.31. The van der Waals surface area contributed by atoms with Gasteiger partial charge in [0.15, 0.2) is 0 Å². The van der Waals surface area contributed by atoms with Gasteiger partial charge in [0.05, 0.1) is 13.2 Å². The van der Waals surface area contributed by atoms with Crippen molar-refractivity contribution in [2.75, 3.05) is 19.0 Å². The fourth-order valence-corrected chi connectivity index (χ4v) is 2.94. The van der Waals surface area contributed by atoms with Crippen LogP contribution in [0, 0.1) is 0 Å². The molecule has 0 atom stereocenters. The van der Waals surface area contributed by atoms with Crippen LogP contribution >= 0.6 is 23.1 Å². The summed E-state index contributed by atoms with van der Waals surface area (Å²) < 4.78 is 5.61. The zero-order valence-electron chi connectivity index (χ0n) is 9.67. The van der Waals surface area contributed by atoms with E-state index in [1.807, 2.05) is 17.8 Å². The van der Waals surface area contributed by atoms with E-state index < -0.39 is 0 Å². The van der Waals surface area contributed by atoms with E-state index in [1.54, 1.807) is 11.3 Å². The summed E-state index contributed by atoms with van der Waals surface area (Å²) in [4.78, 5) is 2.72. The van der Waals surface area contributed by atoms with E-state index in [4.69, 9.17) is 4.74 Å². The Morgan fingerprint density at radius 1 is 1.00 bits per heavy atom. The highest BCUT2D eigenvalue weighted by molar-refractivity contribution is 7.99. The summed E-state index contributed by atoms with van der Waals surface area (Å²) >= 11 is 3.64. The summed E-state index contributed by atoms with van der Waals surface area (Å²) in [6, 6.07) is 14.7. The van der Waals surface area contributed by atoms with Crippen LogP contribution in [-0.4, -0.2) is 19.0 Å². The van der Waals surface area contributed by atoms with Gasteiger partial charge >= 0.3 is 0 Å². The molecule has 90 valence electrons. The number of hydrogen-bond donors (Lipinski definition) is 0. The van der Waals surface area contributed by atoms with E-state index in [2.05, 4.69) is 41.8 Å². The molecule has 2 rings (SSSR count). The molecule has 0 fully saturated rings. The maximum atomic E-state index is 5.61. The Morgan fingerprint density at radius 2 is 1.88 bits per heavy atom. The molecule has 0 saturated carbocycles. The van der Waals surface area contributed by atoms with Crippen LogP contribution in [0.4, 0.5) is 0 Å². The summed E-state index contributed by atoms with van der Waals surface area (Å²) in [5.41, 5.74) is 0. The van der Waals surface area contributed by atoms with E-state index in [0.29, 0.717) is 0 Å². The highest BCUT2D eigenvalue weighted by Crippen LogP contribution is 2.16. The molecule has 0 bridgehead atoms. The van der Waals surface area contributed by atoms with Crippen molar-refractivity contribution in [3.63, 3.8) is 0 Å². The molecule has 2 aromatic rings. The number of benzene rings is 1. The smallest absolute Gasteiger partial charge is 0.0560 e. The molecule has 0 amide bonds. The molecule has 17 heavy (non-hydrogen) atoms. The SMILES string of the molecule is c1ccc(SCCOCCc2cccs2)cc1. The summed E-state index contributed by atoms with van der Waals surface area (Å²) in [5, 5.41) is 2.11. The van der Waals surface area contributed by atoms with Crippen molar-refractivity contribution >= 4 is 23.1 Å². The van der Waals surface area contributed by atoms with Gasteiger partial charge in [-0.05, 0) is 23.6 Å². The van der Waals surface area contributed by atoms with Gasteiger partial charge in [0.1, 0.15) is 0 Å². The molecule has 0 aliphatic carbocycles. The largest absolute Gasteiger partial charge is 0.380 e. The molecular weight excluding hydrogens is 248 g/mol. The Morgan fingerprint density at radius 3 is 2.65 bits per heavy atom. The Labute approximate surface area is 111 Å². The molecule has 0 unspecified atom stereocenters. The lowest BCUT2D eigenvalue weighted by Crippen LogP contribution is -2.01. The third kappa shape index (κ3) is 4.94. The Balaban J connectivity index is 1.52. The van der Waals surface area contributed by atoms with Gasteiger partial charge in [-0.2, -0.15) is 0 Å². The second-order valence-electron chi connectivity index (χ2n) is 3.60. The second kappa shape index (κ2) is 7.54. The summed E-state index contributed by atoms with van der Waals surface area (Å²) in [6.45, 7) is 1.65. The summed E-state index contributed by atoms with van der Waals surface area (Å²) in [6.07, 6.45) is 1.04. The van der Waals surface area contributed by atoms with Gasteiger partial charge in [-0.3, -0.25) is 0 Å². The van der Waals surface area contributed by atoms with Crippen molar-refractivity contribution in [1.82, 2.24) is 0 Å². The number of rotatable bonds is 7. The first-order valence-corrected chi connectivity index (χ1v) is 7.59. The van der Waals surface area contributed by atoms with Crippen LogP contribution in [0.5, 0.6) is 0 Å². The standard InChI is InChI=1S/C14H16OS2/c1-2-5-13(6-3-1)17-12-10-15-9-8-14-7-4-11-16-14/h1-7,11H,8-10,12H2. The van der Waals surface area contributed by atoms with Crippen LogP contribution in [0.25, 0.3) is 0 Å². The van der Waals surface area contributed by atoms with Crippen LogP contribution in [0.15, 0.2) is 52.7 Å². The molecule has 3 heteroatoms. The molecule has 0 radical (unpaired) electrons. The number of hydrogen-bond acceptors (Lipinski definition) is 3. The number of thiophene rings is 1. The monoisotopic (exact) mass is 264 g/mol. The van der Waals surface area contributed by atoms with Gasteiger partial charge in [-0.1, -0.05) is 24.3 Å². The zero-order valence-corrected chi connectivity index (χ0v) is 11.3. The van der Waals surface area contributed by atoms with Crippen molar-refractivity contribution in [2.24, 2.45) is 0 Å². The van der Waals surface area contributed by atoms with Gasteiger partial charge in [0.2, 0.25) is 0 Å². The van der Waals surface area contributed by atoms with E-state index in [-0.39, 0.29) is 0 Å². The maximum absolute atomic E-state index is 5.61. The summed E-state index contributed by atoms with van der Waals surface area (Å²) in [7, 11) is 0. The van der Waals surface area contributed by atoms with Crippen LogP contribution < -0.4 is 0 Å². The predicted molar refractivity (Wildman–Crippen MR) is 76.0 cm³/mol. The quantitative estimate of drug-likeness (QED) is 0.550. The van der Waals surface area contributed by atoms with E-state index in [0.717, 1.165) is 25.4 Å². The molecular formula is C14H16OS2. The average Bonchev–Trinajstić information content (AvgIpc) is 2.88. The summed E-state index contributed by atoms with van der Waals surface area (Å²) in [5.74, 6) is 1.02. The van der Waals surface area contributed by atoms with Gasteiger partial charge in [-0.25, -0.2) is 0 Å². The molecule has 0 N–H and O–H groups in total. The molecule has 1 aromatic carbocycles.